The van der Waals surface area contributed by atoms with Crippen LogP contribution in [0, 0.1) is 0 Å². The van der Waals surface area contributed by atoms with Gasteiger partial charge >= 0.3 is 0 Å². The summed E-state index contributed by atoms with van der Waals surface area (Å²) < 4.78 is 10.0. The Hall–Kier alpha value is -2.07. The summed E-state index contributed by atoms with van der Waals surface area (Å²) in [6, 6.07) is 11.2. The molecule has 0 radical (unpaired) electrons. The molecule has 0 aliphatic rings. The maximum Gasteiger partial charge on any atom is 0.250 e. The first-order valence-corrected chi connectivity index (χ1v) is 5.22. The number of benzene rings is 1. The Morgan fingerprint density at radius 3 is 2.94 bits per heavy atom. The van der Waals surface area contributed by atoms with E-state index in [4.69, 9.17) is 9.15 Å². The molecule has 1 amide bonds. The van der Waals surface area contributed by atoms with Gasteiger partial charge in [-0.1, -0.05) is 12.1 Å². The van der Waals surface area contributed by atoms with E-state index in [1.54, 1.807) is 6.26 Å². The van der Waals surface area contributed by atoms with E-state index in [0.29, 0.717) is 0 Å². The summed E-state index contributed by atoms with van der Waals surface area (Å²) in [5.74, 6) is 0.594. The van der Waals surface area contributed by atoms with Crippen LogP contribution in [-0.4, -0.2) is 19.6 Å². The number of nitrogens with one attached hydrogen (secondary N) is 1. The molecule has 88 valence electrons. The number of carbonyl (C=O) groups is 1. The van der Waals surface area contributed by atoms with Crippen molar-refractivity contribution in [1.29, 1.82) is 0 Å². The second-order valence-electron chi connectivity index (χ2n) is 3.54. The fourth-order valence-electron chi connectivity index (χ4n) is 1.52. The molecule has 0 aliphatic carbocycles. The number of rotatable bonds is 4. The number of carbonyl (C=O) groups excluding carboxylic acids is 1. The molecule has 0 bridgehead atoms. The zero-order valence-corrected chi connectivity index (χ0v) is 9.47. The number of hydrogen-bond acceptors (Lipinski definition) is 3. The smallest absolute Gasteiger partial charge is 0.250 e. The maximum absolute atomic E-state index is 11.4. The molecule has 0 atom stereocenters. The van der Waals surface area contributed by atoms with Gasteiger partial charge in [0.15, 0.2) is 0 Å². The molecular weight excluding hydrogens is 218 g/mol. The van der Waals surface area contributed by atoms with E-state index in [1.807, 2.05) is 36.4 Å². The first kappa shape index (κ1) is 11.4. The fourth-order valence-corrected chi connectivity index (χ4v) is 1.52. The van der Waals surface area contributed by atoms with E-state index in [2.05, 4.69) is 5.32 Å². The summed E-state index contributed by atoms with van der Waals surface area (Å²) in [6.45, 7) is 0.0466. The Bertz CT molecular complexity index is 491. The third kappa shape index (κ3) is 2.95. The standard InChI is InChI=1S/C13H13NO3/c1-16-9-13(15)14-11-5-2-4-10(8-11)12-6-3-7-17-12/h2-8H,9H2,1H3,(H,14,15). The van der Waals surface area contributed by atoms with Crippen LogP contribution in [0.3, 0.4) is 0 Å². The summed E-state index contributed by atoms with van der Waals surface area (Å²) >= 11 is 0. The van der Waals surface area contributed by atoms with Crippen molar-refractivity contribution in [2.75, 3.05) is 19.0 Å². The highest BCUT2D eigenvalue weighted by molar-refractivity contribution is 5.92. The Morgan fingerprint density at radius 2 is 2.24 bits per heavy atom. The minimum Gasteiger partial charge on any atom is -0.464 e. The van der Waals surface area contributed by atoms with Gasteiger partial charge in [0.1, 0.15) is 12.4 Å². The van der Waals surface area contributed by atoms with Crippen LogP contribution in [0.4, 0.5) is 5.69 Å². The Morgan fingerprint density at radius 1 is 1.35 bits per heavy atom. The van der Waals surface area contributed by atoms with Crippen LogP contribution in [-0.2, 0) is 9.53 Å². The molecule has 0 saturated carbocycles. The van der Waals surface area contributed by atoms with Gasteiger partial charge in [0.05, 0.1) is 6.26 Å². The van der Waals surface area contributed by atoms with Crippen molar-refractivity contribution in [1.82, 2.24) is 0 Å². The van der Waals surface area contributed by atoms with Gasteiger partial charge in [0.25, 0.3) is 0 Å². The van der Waals surface area contributed by atoms with E-state index in [9.17, 15) is 4.79 Å². The minimum atomic E-state index is -0.177. The summed E-state index contributed by atoms with van der Waals surface area (Å²) in [6.07, 6.45) is 1.62. The molecule has 4 nitrogen and oxygen atoms in total. The van der Waals surface area contributed by atoms with Crippen LogP contribution in [0.25, 0.3) is 11.3 Å². The topological polar surface area (TPSA) is 51.5 Å². The Balaban J connectivity index is 2.15. The van der Waals surface area contributed by atoms with Gasteiger partial charge in [-0.15, -0.1) is 0 Å². The fraction of sp³-hybridized carbons (Fsp3) is 0.154. The van der Waals surface area contributed by atoms with Gasteiger partial charge in [0.2, 0.25) is 5.91 Å². The number of hydrogen-bond donors (Lipinski definition) is 1. The van der Waals surface area contributed by atoms with E-state index in [1.165, 1.54) is 7.11 Å². The number of amides is 1. The number of methoxy groups -OCH3 is 1. The van der Waals surface area contributed by atoms with Gasteiger partial charge in [-0.25, -0.2) is 0 Å². The quantitative estimate of drug-likeness (QED) is 0.879. The molecule has 0 unspecified atom stereocenters. The van der Waals surface area contributed by atoms with Crippen molar-refractivity contribution in [3.8, 4) is 11.3 Å². The minimum absolute atomic E-state index is 0.0466. The lowest BCUT2D eigenvalue weighted by molar-refractivity contribution is -0.119. The molecule has 4 heteroatoms. The van der Waals surface area contributed by atoms with Gasteiger partial charge in [0, 0.05) is 18.4 Å². The lowest BCUT2D eigenvalue weighted by atomic mass is 10.1. The molecule has 1 N–H and O–H groups in total. The summed E-state index contributed by atoms with van der Waals surface area (Å²) in [5, 5.41) is 2.74. The van der Waals surface area contributed by atoms with Crippen molar-refractivity contribution < 1.29 is 13.9 Å². The van der Waals surface area contributed by atoms with Crippen LogP contribution in [0.15, 0.2) is 47.1 Å². The highest BCUT2D eigenvalue weighted by atomic mass is 16.5. The number of furan rings is 1. The first-order chi connectivity index (χ1) is 8.29. The molecule has 17 heavy (non-hydrogen) atoms. The predicted octanol–water partition coefficient (Wildman–Crippen LogP) is 2.53. The monoisotopic (exact) mass is 231 g/mol. The van der Waals surface area contributed by atoms with E-state index >= 15 is 0 Å². The zero-order chi connectivity index (χ0) is 12.1. The lowest BCUT2D eigenvalue weighted by Crippen LogP contribution is -2.16. The summed E-state index contributed by atoms with van der Waals surface area (Å²) in [7, 11) is 1.48. The molecule has 0 saturated heterocycles. The summed E-state index contributed by atoms with van der Waals surface area (Å²) in [5.41, 5.74) is 1.64. The zero-order valence-electron chi connectivity index (χ0n) is 9.47. The molecule has 0 fully saturated rings. The van der Waals surface area contributed by atoms with Gasteiger partial charge in [-0.2, -0.15) is 0 Å². The van der Waals surface area contributed by atoms with Crippen molar-refractivity contribution in [3.05, 3.63) is 42.7 Å². The largest absolute Gasteiger partial charge is 0.464 e. The SMILES string of the molecule is COCC(=O)Nc1cccc(-c2ccco2)c1. The van der Waals surface area contributed by atoms with Crippen molar-refractivity contribution in [3.63, 3.8) is 0 Å². The molecule has 0 spiro atoms. The highest BCUT2D eigenvalue weighted by Crippen LogP contribution is 2.22. The number of anilines is 1. The van der Waals surface area contributed by atoms with Gasteiger partial charge in [-0.3, -0.25) is 4.79 Å². The van der Waals surface area contributed by atoms with E-state index < -0.39 is 0 Å². The third-order valence-corrected chi connectivity index (χ3v) is 2.23. The van der Waals surface area contributed by atoms with Crippen LogP contribution in [0.5, 0.6) is 0 Å². The van der Waals surface area contributed by atoms with Crippen molar-refractivity contribution >= 4 is 11.6 Å². The molecule has 1 heterocycles. The Kier molecular flexibility index (Phi) is 3.57. The lowest BCUT2D eigenvalue weighted by Gasteiger charge is -2.05. The predicted molar refractivity (Wildman–Crippen MR) is 64.6 cm³/mol. The Labute approximate surface area is 99.2 Å². The van der Waals surface area contributed by atoms with Gasteiger partial charge < -0.3 is 14.5 Å². The molecular formula is C13H13NO3. The summed E-state index contributed by atoms with van der Waals surface area (Å²) in [4.78, 5) is 11.4. The second-order valence-corrected chi connectivity index (χ2v) is 3.54. The average molecular weight is 231 g/mol. The maximum atomic E-state index is 11.4. The first-order valence-electron chi connectivity index (χ1n) is 5.22. The van der Waals surface area contributed by atoms with Crippen LogP contribution in [0.1, 0.15) is 0 Å². The average Bonchev–Trinajstić information content (AvgIpc) is 2.83. The molecule has 0 aliphatic heterocycles. The molecule has 1 aromatic heterocycles. The molecule has 2 rings (SSSR count). The van der Waals surface area contributed by atoms with Crippen molar-refractivity contribution in [2.24, 2.45) is 0 Å². The highest BCUT2D eigenvalue weighted by Gasteiger charge is 2.04. The normalized spacial score (nSPS) is 10.2. The number of ether oxygens (including phenoxy) is 1. The molecule has 2 aromatic rings. The third-order valence-electron chi connectivity index (χ3n) is 2.23. The van der Waals surface area contributed by atoms with E-state index in [-0.39, 0.29) is 12.5 Å². The van der Waals surface area contributed by atoms with E-state index in [0.717, 1.165) is 17.0 Å². The van der Waals surface area contributed by atoms with Gasteiger partial charge in [-0.05, 0) is 24.3 Å². The second kappa shape index (κ2) is 5.32. The van der Waals surface area contributed by atoms with Crippen LogP contribution in [0.2, 0.25) is 0 Å². The van der Waals surface area contributed by atoms with Crippen molar-refractivity contribution in [2.45, 2.75) is 0 Å². The molecule has 1 aromatic carbocycles. The van der Waals surface area contributed by atoms with Crippen LogP contribution < -0.4 is 5.32 Å². The van der Waals surface area contributed by atoms with Crippen LogP contribution >= 0.6 is 0 Å².